The predicted molar refractivity (Wildman–Crippen MR) is 168 cm³/mol. The van der Waals surface area contributed by atoms with Crippen molar-refractivity contribution in [2.75, 3.05) is 23.8 Å². The van der Waals surface area contributed by atoms with E-state index in [1.807, 2.05) is 24.3 Å². The van der Waals surface area contributed by atoms with Gasteiger partial charge in [0.1, 0.15) is 12.4 Å². The van der Waals surface area contributed by atoms with Crippen LogP contribution in [0.4, 0.5) is 11.4 Å². The van der Waals surface area contributed by atoms with E-state index in [4.69, 9.17) is 4.74 Å². The zero-order valence-corrected chi connectivity index (χ0v) is 24.8. The van der Waals surface area contributed by atoms with E-state index in [1.54, 1.807) is 24.3 Å². The van der Waals surface area contributed by atoms with Crippen molar-refractivity contribution < 1.29 is 29.0 Å². The Morgan fingerprint density at radius 1 is 0.591 bits per heavy atom. The molecule has 10 heteroatoms. The monoisotopic (exact) mass is 600 g/mol. The minimum absolute atomic E-state index is 0.0118. The summed E-state index contributed by atoms with van der Waals surface area (Å²) in [5.74, 6) is -0.585. The van der Waals surface area contributed by atoms with Crippen LogP contribution < -0.4 is 26.0 Å². The van der Waals surface area contributed by atoms with Crippen LogP contribution in [0.2, 0.25) is 0 Å². The topological polar surface area (TPSA) is 146 Å². The lowest BCUT2D eigenvalue weighted by molar-refractivity contribution is -0.117. The average molecular weight is 601 g/mol. The number of carbonyl (C=O) groups excluding carboxylic acids is 4. The highest BCUT2D eigenvalue weighted by molar-refractivity contribution is 6.00. The number of hydrogen-bond acceptors (Lipinski definition) is 6. The van der Waals surface area contributed by atoms with Crippen LogP contribution >= 0.6 is 0 Å². The van der Waals surface area contributed by atoms with Crippen LogP contribution in [0.25, 0.3) is 0 Å². The molecule has 0 saturated heterocycles. The van der Waals surface area contributed by atoms with Gasteiger partial charge in [0.15, 0.2) is 0 Å². The number of benzene rings is 3. The molecule has 0 fully saturated rings. The zero-order valence-electron chi connectivity index (χ0n) is 24.8. The molecule has 0 atom stereocenters. The van der Waals surface area contributed by atoms with Crippen LogP contribution in [-0.2, 0) is 22.7 Å². The van der Waals surface area contributed by atoms with Crippen molar-refractivity contribution in [3.8, 4) is 5.75 Å². The third-order valence-corrected chi connectivity index (χ3v) is 7.23. The molecule has 0 saturated carbocycles. The Labute approximate surface area is 257 Å². The Hall–Kier alpha value is -4.70. The molecule has 0 aromatic heterocycles. The van der Waals surface area contributed by atoms with Crippen LogP contribution in [0, 0.1) is 0 Å². The molecule has 7 rings (SSSR count). The molecule has 10 nitrogen and oxygen atoms in total. The van der Waals surface area contributed by atoms with Crippen molar-refractivity contribution in [2.24, 2.45) is 0 Å². The summed E-state index contributed by atoms with van der Waals surface area (Å²) in [6.07, 6.45) is 6.47. The molecule has 0 unspecified atom stereocenters. The molecule has 0 spiro atoms. The second kappa shape index (κ2) is 16.8. The van der Waals surface area contributed by atoms with Gasteiger partial charge in [0.2, 0.25) is 11.8 Å². The number of ether oxygens (including phenoxy) is 1. The minimum atomic E-state index is -0.396. The molecule has 0 radical (unpaired) electrons. The van der Waals surface area contributed by atoms with E-state index in [9.17, 15) is 24.3 Å². The molecule has 3 aromatic rings. The van der Waals surface area contributed by atoms with Crippen molar-refractivity contribution >= 4 is 35.0 Å². The summed E-state index contributed by atoms with van der Waals surface area (Å²) in [5.41, 5.74) is 3.53. The number of nitrogens with one attached hydrogen (secondary N) is 4. The molecular weight excluding hydrogens is 560 g/mol. The van der Waals surface area contributed by atoms with Crippen LogP contribution in [0.3, 0.4) is 0 Å². The Morgan fingerprint density at radius 3 is 1.45 bits per heavy atom. The first-order valence-corrected chi connectivity index (χ1v) is 15.1. The highest BCUT2D eigenvalue weighted by Gasteiger charge is 2.15. The fraction of sp³-hybridized carbons (Fsp3) is 0.353. The summed E-state index contributed by atoms with van der Waals surface area (Å²) >= 11 is 0. The maximum Gasteiger partial charge on any atom is 0.251 e. The summed E-state index contributed by atoms with van der Waals surface area (Å²) in [4.78, 5) is 50.8. The first-order valence-electron chi connectivity index (χ1n) is 15.1. The molecule has 6 bridgehead atoms. The standard InChI is InChI=1S/C34H40N4O6/c39-17-18-44-30-20-26-19-27(21-30)34(43)36-23-25-11-15-29(16-12-25)38-32(41)8-6-4-2-1-3-5-7-31(40)37-28-13-9-24(10-14-28)22-35-33(26)42/h9-16,19-21,39H,1-8,17-18,22-23H2,(H,35,42)(H,36,43)(H,37,40)(H,38,41). The van der Waals surface area contributed by atoms with Gasteiger partial charge < -0.3 is 31.1 Å². The molecular formula is C34H40N4O6. The predicted octanol–water partition coefficient (Wildman–Crippen LogP) is 4.93. The summed E-state index contributed by atoms with van der Waals surface area (Å²) < 4.78 is 5.53. The Bertz CT molecular complexity index is 1320. The lowest BCUT2D eigenvalue weighted by Crippen LogP contribution is -2.25. The number of aliphatic hydroxyl groups is 1. The van der Waals surface area contributed by atoms with E-state index >= 15 is 0 Å². The third kappa shape index (κ3) is 10.5. The third-order valence-electron chi connectivity index (χ3n) is 7.23. The first kappa shape index (κ1) is 32.2. The van der Waals surface area contributed by atoms with Crippen molar-refractivity contribution in [3.05, 3.63) is 89.0 Å². The maximum absolute atomic E-state index is 13.1. The molecule has 4 heterocycles. The van der Waals surface area contributed by atoms with E-state index in [-0.39, 0.29) is 55.0 Å². The van der Waals surface area contributed by atoms with E-state index in [0.29, 0.717) is 24.2 Å². The molecule has 5 N–H and O–H groups in total. The number of aliphatic hydroxyl groups excluding tert-OH is 1. The van der Waals surface area contributed by atoms with Gasteiger partial charge in [0.05, 0.1) is 6.61 Å². The maximum atomic E-state index is 13.1. The quantitative estimate of drug-likeness (QED) is 0.288. The molecule has 232 valence electrons. The number of rotatable bonds is 3. The van der Waals surface area contributed by atoms with Gasteiger partial charge in [-0.25, -0.2) is 0 Å². The lowest BCUT2D eigenvalue weighted by Gasteiger charge is -2.12. The van der Waals surface area contributed by atoms with Gasteiger partial charge in [-0.05, 0) is 66.4 Å². The summed E-state index contributed by atoms with van der Waals surface area (Å²) in [7, 11) is 0. The van der Waals surface area contributed by atoms with E-state index in [2.05, 4.69) is 21.3 Å². The second-order valence-electron chi connectivity index (χ2n) is 10.8. The van der Waals surface area contributed by atoms with E-state index in [1.165, 1.54) is 18.2 Å². The van der Waals surface area contributed by atoms with E-state index in [0.717, 1.165) is 49.7 Å². The summed E-state index contributed by atoms with van der Waals surface area (Å²) in [6, 6.07) is 19.1. The minimum Gasteiger partial charge on any atom is -0.491 e. The van der Waals surface area contributed by atoms with Gasteiger partial charge in [0, 0.05) is 48.4 Å². The van der Waals surface area contributed by atoms with Crippen molar-refractivity contribution in [1.29, 1.82) is 0 Å². The second-order valence-corrected chi connectivity index (χ2v) is 10.8. The van der Waals surface area contributed by atoms with Crippen LogP contribution in [0.1, 0.15) is 83.2 Å². The van der Waals surface area contributed by atoms with Gasteiger partial charge in [0.25, 0.3) is 11.8 Å². The fourth-order valence-electron chi connectivity index (χ4n) is 4.81. The van der Waals surface area contributed by atoms with Gasteiger partial charge in [-0.3, -0.25) is 19.2 Å². The molecule has 44 heavy (non-hydrogen) atoms. The van der Waals surface area contributed by atoms with Crippen LogP contribution in [0.15, 0.2) is 66.7 Å². The van der Waals surface area contributed by atoms with Crippen LogP contribution in [0.5, 0.6) is 5.75 Å². The molecule has 0 aliphatic carbocycles. The van der Waals surface area contributed by atoms with Gasteiger partial charge >= 0.3 is 0 Å². The molecule has 4 aliphatic heterocycles. The normalized spacial score (nSPS) is 16.0. The number of amides is 4. The zero-order chi connectivity index (χ0) is 31.1. The first-order chi connectivity index (χ1) is 21.4. The highest BCUT2D eigenvalue weighted by atomic mass is 16.5. The lowest BCUT2D eigenvalue weighted by atomic mass is 10.1. The van der Waals surface area contributed by atoms with Crippen molar-refractivity contribution in [1.82, 2.24) is 10.6 Å². The number of carbonyl (C=O) groups is 4. The van der Waals surface area contributed by atoms with Gasteiger partial charge in [-0.2, -0.15) is 0 Å². The van der Waals surface area contributed by atoms with Gasteiger partial charge in [-0.15, -0.1) is 0 Å². The number of anilines is 2. The Morgan fingerprint density at radius 2 is 1.02 bits per heavy atom. The summed E-state index contributed by atoms with van der Waals surface area (Å²) in [5, 5.41) is 20.7. The van der Waals surface area contributed by atoms with Crippen LogP contribution in [-0.4, -0.2) is 41.9 Å². The molecule has 4 amide bonds. The van der Waals surface area contributed by atoms with Crippen molar-refractivity contribution in [3.63, 3.8) is 0 Å². The average Bonchev–Trinajstić information content (AvgIpc) is 3.03. The summed E-state index contributed by atoms with van der Waals surface area (Å²) in [6.45, 7) is 0.280. The van der Waals surface area contributed by atoms with E-state index < -0.39 is 11.8 Å². The van der Waals surface area contributed by atoms with Gasteiger partial charge in [-0.1, -0.05) is 49.9 Å². The smallest absolute Gasteiger partial charge is 0.251 e. The Balaban J connectivity index is 1.48. The molecule has 4 aliphatic rings. The highest BCUT2D eigenvalue weighted by Crippen LogP contribution is 2.19. The van der Waals surface area contributed by atoms with Crippen molar-refractivity contribution in [2.45, 2.75) is 64.5 Å². The largest absolute Gasteiger partial charge is 0.491 e. The molecule has 3 aromatic carbocycles. The fourth-order valence-corrected chi connectivity index (χ4v) is 4.81. The SMILES string of the molecule is O=C1CCCCCCCCC(=O)Nc2ccc(cc2)CNC(=O)c2cc(OCCO)cc(c2)C(=O)NCc2ccc(cc2)N1. The Kier molecular flexibility index (Phi) is 12.3. The number of hydrogen-bond donors (Lipinski definition) is 5.